The fourth-order valence-corrected chi connectivity index (χ4v) is 3.26. The molecule has 0 fully saturated rings. The molecule has 0 N–H and O–H groups in total. The highest BCUT2D eigenvalue weighted by molar-refractivity contribution is 7.20. The van der Waals surface area contributed by atoms with Gasteiger partial charge in [-0.25, -0.2) is 0 Å². The maximum absolute atomic E-state index is 5.55. The Labute approximate surface area is 70.6 Å². The van der Waals surface area contributed by atoms with Crippen LogP contribution in [0.2, 0.25) is 0 Å². The summed E-state index contributed by atoms with van der Waals surface area (Å²) >= 11 is 12.8. The summed E-state index contributed by atoms with van der Waals surface area (Å²) < 4.78 is 1.04. The first-order valence-electron chi connectivity index (χ1n) is 2.37. The van der Waals surface area contributed by atoms with Crippen molar-refractivity contribution in [1.82, 2.24) is 0 Å². The quantitative estimate of drug-likeness (QED) is 0.499. The molecule has 0 bridgehead atoms. The fraction of sp³-hybridized carbons (Fsp3) is 0.200. The van der Waals surface area contributed by atoms with Crippen LogP contribution >= 0.6 is 34.5 Å². The summed E-state index contributed by atoms with van der Waals surface area (Å²) in [6.07, 6.45) is 0. The minimum atomic E-state index is -0.233. The SMILES string of the molecule is ClC(Cl)[Si]c1cccs1. The summed E-state index contributed by atoms with van der Waals surface area (Å²) in [5.74, 6) is 0. The Morgan fingerprint density at radius 1 is 1.56 bits per heavy atom. The van der Waals surface area contributed by atoms with Gasteiger partial charge in [0.05, 0.1) is 4.46 Å². The Kier molecular flexibility index (Phi) is 3.05. The number of hydrogen-bond acceptors (Lipinski definition) is 1. The number of thiophene rings is 1. The maximum Gasteiger partial charge on any atom is 0.138 e. The summed E-state index contributed by atoms with van der Waals surface area (Å²) in [5, 5.41) is 2.03. The molecule has 4 heteroatoms. The van der Waals surface area contributed by atoms with Crippen LogP contribution < -0.4 is 4.50 Å². The van der Waals surface area contributed by atoms with Crippen LogP contribution in [0.15, 0.2) is 17.5 Å². The van der Waals surface area contributed by atoms with Gasteiger partial charge in [0, 0.05) is 0 Å². The van der Waals surface area contributed by atoms with Gasteiger partial charge in [0.25, 0.3) is 0 Å². The van der Waals surface area contributed by atoms with Gasteiger partial charge in [-0.3, -0.25) is 0 Å². The van der Waals surface area contributed by atoms with Crippen molar-refractivity contribution in [3.63, 3.8) is 0 Å². The van der Waals surface area contributed by atoms with Gasteiger partial charge in [-0.15, -0.1) is 23.2 Å². The molecule has 0 amide bonds. The lowest BCUT2D eigenvalue weighted by Gasteiger charge is -1.91. The normalized spacial score (nSPS) is 10.6. The smallest absolute Gasteiger partial charge is 0.138 e. The molecule has 9 heavy (non-hydrogen) atoms. The highest BCUT2D eigenvalue weighted by Crippen LogP contribution is 2.01. The summed E-state index contributed by atoms with van der Waals surface area (Å²) in [7, 11) is 0.535. The predicted octanol–water partition coefficient (Wildman–Crippen LogP) is 1.84. The largest absolute Gasteiger partial charge is 0.154 e. The van der Waals surface area contributed by atoms with Crippen LogP contribution in [0, 0.1) is 0 Å². The molecule has 1 heterocycles. The van der Waals surface area contributed by atoms with Gasteiger partial charge >= 0.3 is 0 Å². The maximum atomic E-state index is 5.55. The topological polar surface area (TPSA) is 0 Å². The third-order valence-corrected chi connectivity index (χ3v) is 3.49. The van der Waals surface area contributed by atoms with E-state index in [1.54, 1.807) is 11.3 Å². The molecule has 0 spiro atoms. The van der Waals surface area contributed by atoms with Crippen molar-refractivity contribution in [1.29, 1.82) is 0 Å². The zero-order valence-electron chi connectivity index (χ0n) is 4.47. The zero-order chi connectivity index (χ0) is 6.69. The summed E-state index contributed by atoms with van der Waals surface area (Å²) in [6.45, 7) is 0. The molecule has 48 valence electrons. The Bertz CT molecular complexity index is 161. The average molecular weight is 195 g/mol. The molecule has 0 atom stereocenters. The first-order valence-corrected chi connectivity index (χ1v) is 5.20. The van der Waals surface area contributed by atoms with Gasteiger partial charge in [-0.05, 0) is 9.88 Å². The van der Waals surface area contributed by atoms with E-state index in [2.05, 4.69) is 0 Å². The molecule has 0 aliphatic rings. The standard InChI is InChI=1S/C5H4Cl2SSi/c6-5(7)9-4-2-1-3-8-4/h1-3,5H. The third-order valence-electron chi connectivity index (χ3n) is 0.773. The number of hydrogen-bond donors (Lipinski definition) is 0. The van der Waals surface area contributed by atoms with E-state index in [1.165, 1.54) is 4.50 Å². The van der Waals surface area contributed by atoms with Crippen molar-refractivity contribution in [2.75, 3.05) is 0 Å². The molecule has 0 saturated carbocycles. The van der Waals surface area contributed by atoms with Crippen molar-refractivity contribution < 1.29 is 0 Å². The zero-order valence-corrected chi connectivity index (χ0v) is 7.80. The molecule has 1 aromatic rings. The van der Waals surface area contributed by atoms with Crippen LogP contribution in [0.4, 0.5) is 0 Å². The van der Waals surface area contributed by atoms with Crippen molar-refractivity contribution >= 4 is 48.6 Å². The lowest BCUT2D eigenvalue weighted by Crippen LogP contribution is -2.15. The van der Waals surface area contributed by atoms with Crippen LogP contribution in [0.3, 0.4) is 0 Å². The van der Waals surface area contributed by atoms with Gasteiger partial charge in [-0.1, -0.05) is 12.1 Å². The van der Waals surface area contributed by atoms with Crippen molar-refractivity contribution in [3.05, 3.63) is 17.5 Å². The number of alkyl halides is 2. The van der Waals surface area contributed by atoms with Crippen molar-refractivity contribution in [2.45, 2.75) is 4.46 Å². The molecular weight excluding hydrogens is 191 g/mol. The van der Waals surface area contributed by atoms with Crippen LogP contribution in [0.1, 0.15) is 0 Å². The summed E-state index contributed by atoms with van der Waals surface area (Å²) in [6, 6.07) is 4.05. The minimum absolute atomic E-state index is 0.233. The molecule has 0 unspecified atom stereocenters. The van der Waals surface area contributed by atoms with Gasteiger partial charge in [0.1, 0.15) is 9.52 Å². The first kappa shape index (κ1) is 7.60. The molecule has 2 radical (unpaired) electrons. The van der Waals surface area contributed by atoms with E-state index in [0.717, 1.165) is 0 Å². The van der Waals surface area contributed by atoms with E-state index < -0.39 is 0 Å². The van der Waals surface area contributed by atoms with Crippen LogP contribution in [-0.2, 0) is 0 Å². The van der Waals surface area contributed by atoms with Gasteiger partial charge in [-0.2, -0.15) is 11.3 Å². The lowest BCUT2D eigenvalue weighted by molar-refractivity contribution is 1.90. The molecule has 0 aromatic carbocycles. The Balaban J connectivity index is 2.48. The summed E-state index contributed by atoms with van der Waals surface area (Å²) in [4.78, 5) is 0. The van der Waals surface area contributed by atoms with Gasteiger partial charge in [0.2, 0.25) is 0 Å². The van der Waals surface area contributed by atoms with Crippen LogP contribution in [0.5, 0.6) is 0 Å². The molecule has 1 rings (SSSR count). The fourth-order valence-electron chi connectivity index (χ4n) is 0.468. The van der Waals surface area contributed by atoms with E-state index in [0.29, 0.717) is 9.52 Å². The Morgan fingerprint density at radius 3 is 2.78 bits per heavy atom. The van der Waals surface area contributed by atoms with E-state index in [9.17, 15) is 0 Å². The predicted molar refractivity (Wildman–Crippen MR) is 45.2 cm³/mol. The second kappa shape index (κ2) is 3.61. The second-order valence-electron chi connectivity index (χ2n) is 1.42. The lowest BCUT2D eigenvalue weighted by atomic mass is 10.7. The molecular formula is C5H4Cl2SSi. The van der Waals surface area contributed by atoms with E-state index in [4.69, 9.17) is 23.2 Å². The first-order chi connectivity index (χ1) is 4.29. The van der Waals surface area contributed by atoms with Gasteiger partial charge in [0.15, 0.2) is 0 Å². The Morgan fingerprint density at radius 2 is 2.33 bits per heavy atom. The summed E-state index contributed by atoms with van der Waals surface area (Å²) in [5.41, 5.74) is 0. The molecule has 0 aliphatic heterocycles. The number of rotatable bonds is 2. The highest BCUT2D eigenvalue weighted by Gasteiger charge is 2.02. The Hall–Kier alpha value is 0.497. The minimum Gasteiger partial charge on any atom is -0.154 e. The third kappa shape index (κ3) is 2.71. The number of halogens is 2. The average Bonchev–Trinajstić information content (AvgIpc) is 2.15. The molecule has 0 aliphatic carbocycles. The van der Waals surface area contributed by atoms with E-state index >= 15 is 0 Å². The second-order valence-corrected chi connectivity index (χ2v) is 5.97. The van der Waals surface area contributed by atoms with Crippen LogP contribution in [-0.4, -0.2) is 14.0 Å². The highest BCUT2D eigenvalue weighted by atomic mass is 35.5. The molecule has 1 aromatic heterocycles. The van der Waals surface area contributed by atoms with Crippen molar-refractivity contribution in [2.24, 2.45) is 0 Å². The van der Waals surface area contributed by atoms with E-state index in [1.807, 2.05) is 17.5 Å². The van der Waals surface area contributed by atoms with Crippen LogP contribution in [0.25, 0.3) is 0 Å². The molecule has 0 saturated heterocycles. The van der Waals surface area contributed by atoms with Gasteiger partial charge < -0.3 is 0 Å². The van der Waals surface area contributed by atoms with Crippen molar-refractivity contribution in [3.8, 4) is 0 Å². The van der Waals surface area contributed by atoms with E-state index in [-0.39, 0.29) is 4.46 Å². The monoisotopic (exact) mass is 194 g/mol. The molecule has 0 nitrogen and oxygen atoms in total.